The minimum atomic E-state index is -0.00841. The second-order valence-corrected chi connectivity index (χ2v) is 5.61. The zero-order chi connectivity index (χ0) is 15.6. The van der Waals surface area contributed by atoms with E-state index in [4.69, 9.17) is 0 Å². The maximum atomic E-state index is 11.7. The Morgan fingerprint density at radius 3 is 2.73 bits per heavy atom. The predicted octanol–water partition coefficient (Wildman–Crippen LogP) is 1.89. The Morgan fingerprint density at radius 2 is 2.00 bits per heavy atom. The first-order chi connectivity index (χ1) is 10.7. The van der Waals surface area contributed by atoms with Crippen LogP contribution in [0.2, 0.25) is 0 Å². The van der Waals surface area contributed by atoms with Gasteiger partial charge in [-0.05, 0) is 31.0 Å². The van der Waals surface area contributed by atoms with Gasteiger partial charge in [0.1, 0.15) is 5.82 Å². The Labute approximate surface area is 134 Å². The molecule has 0 saturated heterocycles. The fraction of sp³-hybridized carbons (Fsp3) is 0.333. The quantitative estimate of drug-likeness (QED) is 0.440. The highest BCUT2D eigenvalue weighted by Gasteiger charge is 2.03. The van der Waals surface area contributed by atoms with E-state index in [-0.39, 0.29) is 5.91 Å². The molecule has 0 aromatic carbocycles. The van der Waals surface area contributed by atoms with Gasteiger partial charge in [-0.3, -0.25) is 4.79 Å². The summed E-state index contributed by atoms with van der Waals surface area (Å²) in [4.78, 5) is 24.0. The Bertz CT molecular complexity index is 576. The van der Waals surface area contributed by atoms with Gasteiger partial charge in [-0.1, -0.05) is 17.8 Å². The first-order valence-electron chi connectivity index (χ1n) is 7.07. The van der Waals surface area contributed by atoms with Crippen LogP contribution in [0.1, 0.15) is 12.0 Å². The van der Waals surface area contributed by atoms with Gasteiger partial charge in [0.25, 0.3) is 0 Å². The molecule has 0 aliphatic heterocycles. The molecule has 7 heteroatoms. The van der Waals surface area contributed by atoms with Gasteiger partial charge in [-0.2, -0.15) is 0 Å². The number of rotatable bonds is 8. The van der Waals surface area contributed by atoms with Gasteiger partial charge >= 0.3 is 0 Å². The molecule has 2 heterocycles. The number of thioether (sulfide) groups is 1. The van der Waals surface area contributed by atoms with Gasteiger partial charge in [0.2, 0.25) is 5.91 Å². The molecule has 1 amide bonds. The van der Waals surface area contributed by atoms with Crippen molar-refractivity contribution < 1.29 is 4.79 Å². The summed E-state index contributed by atoms with van der Waals surface area (Å²) in [6.45, 7) is 3.41. The molecule has 0 spiro atoms. The lowest BCUT2D eigenvalue weighted by atomic mass is 10.3. The van der Waals surface area contributed by atoms with Crippen molar-refractivity contribution in [1.29, 1.82) is 0 Å². The SMILES string of the molecule is Cc1ccc(NCCCNC(=O)CSc2ncccn2)nc1. The number of aryl methyl sites for hydroxylation is 1. The minimum Gasteiger partial charge on any atom is -0.370 e. The summed E-state index contributed by atoms with van der Waals surface area (Å²) in [5, 5.41) is 6.70. The number of nitrogens with one attached hydrogen (secondary N) is 2. The average Bonchev–Trinajstić information content (AvgIpc) is 2.55. The van der Waals surface area contributed by atoms with Crippen LogP contribution in [0.15, 0.2) is 41.9 Å². The smallest absolute Gasteiger partial charge is 0.230 e. The number of nitrogens with zero attached hydrogens (tertiary/aromatic N) is 3. The van der Waals surface area contributed by atoms with Crippen LogP contribution < -0.4 is 10.6 Å². The molecule has 2 rings (SSSR count). The van der Waals surface area contributed by atoms with Crippen molar-refractivity contribution in [3.63, 3.8) is 0 Å². The molecular weight excluding hydrogens is 298 g/mol. The van der Waals surface area contributed by atoms with Crippen molar-refractivity contribution in [3.8, 4) is 0 Å². The lowest BCUT2D eigenvalue weighted by Crippen LogP contribution is -2.27. The molecule has 2 N–H and O–H groups in total. The van der Waals surface area contributed by atoms with Gasteiger partial charge in [0, 0.05) is 31.7 Å². The molecule has 2 aromatic rings. The third-order valence-corrected chi connectivity index (χ3v) is 3.64. The van der Waals surface area contributed by atoms with Gasteiger partial charge in [-0.25, -0.2) is 15.0 Å². The number of hydrogen-bond donors (Lipinski definition) is 2. The van der Waals surface area contributed by atoms with Crippen molar-refractivity contribution in [1.82, 2.24) is 20.3 Å². The van der Waals surface area contributed by atoms with Gasteiger partial charge in [0.15, 0.2) is 5.16 Å². The minimum absolute atomic E-state index is 0.00841. The summed E-state index contributed by atoms with van der Waals surface area (Å²) in [6, 6.07) is 5.71. The zero-order valence-corrected chi connectivity index (χ0v) is 13.3. The molecule has 0 bridgehead atoms. The molecule has 116 valence electrons. The lowest BCUT2D eigenvalue weighted by molar-refractivity contribution is -0.118. The fourth-order valence-corrected chi connectivity index (χ4v) is 2.28. The largest absolute Gasteiger partial charge is 0.370 e. The summed E-state index contributed by atoms with van der Waals surface area (Å²) >= 11 is 1.33. The van der Waals surface area contributed by atoms with Crippen LogP contribution in [0.4, 0.5) is 5.82 Å². The maximum Gasteiger partial charge on any atom is 0.230 e. The molecule has 6 nitrogen and oxygen atoms in total. The number of aromatic nitrogens is 3. The first-order valence-corrected chi connectivity index (χ1v) is 8.05. The van der Waals surface area contributed by atoms with Gasteiger partial charge in [-0.15, -0.1) is 0 Å². The molecule has 0 saturated carbocycles. The Morgan fingerprint density at radius 1 is 1.18 bits per heavy atom. The Hall–Kier alpha value is -2.15. The summed E-state index contributed by atoms with van der Waals surface area (Å²) in [5.74, 6) is 1.18. The van der Waals surface area contributed by atoms with E-state index in [1.807, 2.05) is 25.3 Å². The second-order valence-electron chi connectivity index (χ2n) is 4.67. The molecule has 0 unspecified atom stereocenters. The number of hydrogen-bond acceptors (Lipinski definition) is 6. The van der Waals surface area contributed by atoms with E-state index in [9.17, 15) is 4.79 Å². The van der Waals surface area contributed by atoms with E-state index in [2.05, 4.69) is 25.6 Å². The molecule has 0 fully saturated rings. The van der Waals surface area contributed by atoms with Crippen LogP contribution in [0, 0.1) is 6.92 Å². The highest BCUT2D eigenvalue weighted by molar-refractivity contribution is 7.99. The van der Waals surface area contributed by atoms with Crippen LogP contribution in [0.5, 0.6) is 0 Å². The van der Waals surface area contributed by atoms with E-state index in [1.165, 1.54) is 11.8 Å². The van der Waals surface area contributed by atoms with E-state index in [0.717, 1.165) is 24.3 Å². The van der Waals surface area contributed by atoms with Crippen molar-refractivity contribution >= 4 is 23.5 Å². The summed E-state index contributed by atoms with van der Waals surface area (Å²) in [5.41, 5.74) is 1.14. The number of carbonyl (C=O) groups is 1. The Balaban J connectivity index is 1.54. The second kappa shape index (κ2) is 8.99. The van der Waals surface area contributed by atoms with E-state index < -0.39 is 0 Å². The summed E-state index contributed by atoms with van der Waals surface area (Å²) in [7, 11) is 0. The molecule has 0 radical (unpaired) electrons. The zero-order valence-electron chi connectivity index (χ0n) is 12.5. The average molecular weight is 317 g/mol. The first kappa shape index (κ1) is 16.2. The third-order valence-electron chi connectivity index (χ3n) is 2.77. The van der Waals surface area contributed by atoms with Gasteiger partial charge < -0.3 is 10.6 Å². The molecular formula is C15H19N5OS. The third kappa shape index (κ3) is 6.09. The fourth-order valence-electron chi connectivity index (χ4n) is 1.65. The topological polar surface area (TPSA) is 79.8 Å². The number of anilines is 1. The van der Waals surface area contributed by atoms with E-state index >= 15 is 0 Å². The predicted molar refractivity (Wildman–Crippen MR) is 87.8 cm³/mol. The molecule has 0 atom stereocenters. The highest BCUT2D eigenvalue weighted by atomic mass is 32.2. The normalized spacial score (nSPS) is 10.2. The molecule has 2 aromatic heterocycles. The summed E-state index contributed by atoms with van der Waals surface area (Å²) < 4.78 is 0. The number of pyridine rings is 1. The Kier molecular flexibility index (Phi) is 6.63. The van der Waals surface area contributed by atoms with Crippen molar-refractivity contribution in [2.24, 2.45) is 0 Å². The van der Waals surface area contributed by atoms with E-state index in [0.29, 0.717) is 17.5 Å². The van der Waals surface area contributed by atoms with Crippen LogP contribution in [-0.2, 0) is 4.79 Å². The highest BCUT2D eigenvalue weighted by Crippen LogP contribution is 2.09. The van der Waals surface area contributed by atoms with Gasteiger partial charge in [0.05, 0.1) is 5.75 Å². The van der Waals surface area contributed by atoms with Crippen molar-refractivity contribution in [2.75, 3.05) is 24.2 Å². The number of carbonyl (C=O) groups excluding carboxylic acids is 1. The summed E-state index contributed by atoms with van der Waals surface area (Å²) in [6.07, 6.45) is 6.00. The number of amides is 1. The van der Waals surface area contributed by atoms with Crippen molar-refractivity contribution in [3.05, 3.63) is 42.4 Å². The van der Waals surface area contributed by atoms with Crippen LogP contribution in [0.25, 0.3) is 0 Å². The van der Waals surface area contributed by atoms with Crippen molar-refractivity contribution in [2.45, 2.75) is 18.5 Å². The maximum absolute atomic E-state index is 11.7. The van der Waals surface area contributed by atoms with Crippen LogP contribution in [0.3, 0.4) is 0 Å². The molecule has 0 aliphatic rings. The van der Waals surface area contributed by atoms with Crippen LogP contribution >= 0.6 is 11.8 Å². The standard InChI is InChI=1S/C15H19N5OS/c1-12-4-5-13(20-10-12)16-6-2-7-17-14(21)11-22-15-18-8-3-9-19-15/h3-5,8-10H,2,6-7,11H2,1H3,(H,16,20)(H,17,21). The van der Waals surface area contributed by atoms with Crippen LogP contribution in [-0.4, -0.2) is 39.7 Å². The molecule has 0 aliphatic carbocycles. The monoisotopic (exact) mass is 317 g/mol. The van der Waals surface area contributed by atoms with E-state index in [1.54, 1.807) is 18.5 Å². The lowest BCUT2D eigenvalue weighted by Gasteiger charge is -2.07. The molecule has 22 heavy (non-hydrogen) atoms.